The molecule has 0 aliphatic rings. The van der Waals surface area contributed by atoms with E-state index in [0.717, 1.165) is 45.0 Å². The fourth-order valence-corrected chi connectivity index (χ4v) is 3.71. The Morgan fingerprint density at radius 1 is 1.32 bits per heavy atom. The van der Waals surface area contributed by atoms with E-state index in [9.17, 15) is 4.79 Å². The zero-order chi connectivity index (χ0) is 22.0. The lowest BCUT2D eigenvalue weighted by atomic mass is 10.2. The number of carbonyl (C=O) groups is 1. The van der Waals surface area contributed by atoms with Crippen molar-refractivity contribution in [1.82, 2.24) is 29.4 Å². The molecule has 0 unspecified atom stereocenters. The molecule has 4 aromatic rings. The molecule has 0 radical (unpaired) electrons. The molecule has 1 amide bonds. The maximum absolute atomic E-state index is 11.7. The second-order valence-electron chi connectivity index (χ2n) is 7.15. The van der Waals surface area contributed by atoms with Gasteiger partial charge < -0.3 is 24.5 Å². The summed E-state index contributed by atoms with van der Waals surface area (Å²) >= 11 is 0. The molecule has 4 heterocycles. The molecular weight excluding hydrogens is 394 g/mol. The minimum Gasteiger partial charge on any atom is -0.375 e. The maximum Gasteiger partial charge on any atom is 0.246 e. The summed E-state index contributed by atoms with van der Waals surface area (Å²) in [6.07, 6.45) is 3.63. The second kappa shape index (κ2) is 8.57. The Balaban J connectivity index is 1.84. The topological polar surface area (TPSA) is 98.9 Å². The van der Waals surface area contributed by atoms with Gasteiger partial charge in [-0.2, -0.15) is 0 Å². The smallest absolute Gasteiger partial charge is 0.246 e. The first kappa shape index (κ1) is 20.5. The van der Waals surface area contributed by atoms with Crippen molar-refractivity contribution < 1.29 is 9.53 Å². The van der Waals surface area contributed by atoms with Crippen molar-refractivity contribution in [3.05, 3.63) is 48.9 Å². The van der Waals surface area contributed by atoms with Gasteiger partial charge in [0.15, 0.2) is 5.82 Å². The average Bonchev–Trinajstić information content (AvgIpc) is 3.33. The number of aromatic nitrogens is 5. The van der Waals surface area contributed by atoms with Gasteiger partial charge in [0, 0.05) is 33.1 Å². The number of aryl methyl sites for hydroxylation is 1. The molecule has 4 rings (SSSR count). The zero-order valence-corrected chi connectivity index (χ0v) is 17.8. The van der Waals surface area contributed by atoms with Crippen LogP contribution in [0.15, 0.2) is 43.2 Å². The van der Waals surface area contributed by atoms with Gasteiger partial charge in [-0.1, -0.05) is 12.1 Å². The highest BCUT2D eigenvalue weighted by Crippen LogP contribution is 2.33. The van der Waals surface area contributed by atoms with E-state index >= 15 is 0 Å². The highest BCUT2D eigenvalue weighted by Gasteiger charge is 2.19. The van der Waals surface area contributed by atoms with Gasteiger partial charge in [-0.25, -0.2) is 15.0 Å². The Hall–Kier alpha value is -3.72. The molecule has 0 aromatic carbocycles. The van der Waals surface area contributed by atoms with Crippen LogP contribution in [-0.2, 0) is 29.7 Å². The Labute approximate surface area is 179 Å². The number of pyridine rings is 2. The summed E-state index contributed by atoms with van der Waals surface area (Å²) in [6, 6.07) is 7.86. The van der Waals surface area contributed by atoms with Crippen molar-refractivity contribution in [3.63, 3.8) is 0 Å². The summed E-state index contributed by atoms with van der Waals surface area (Å²) < 4.78 is 8.94. The highest BCUT2D eigenvalue weighted by atomic mass is 16.5. The van der Waals surface area contributed by atoms with Crippen molar-refractivity contribution >= 4 is 33.8 Å². The molecule has 0 saturated heterocycles. The number of rotatable bonds is 8. The third-order valence-corrected chi connectivity index (χ3v) is 5.06. The number of allylic oxidation sites excluding steroid dienone is 1. The van der Waals surface area contributed by atoms with Gasteiger partial charge in [-0.3, -0.25) is 4.79 Å². The summed E-state index contributed by atoms with van der Waals surface area (Å²) in [5.74, 6) is 0.540. The van der Waals surface area contributed by atoms with Crippen LogP contribution in [0.2, 0.25) is 0 Å². The Bertz CT molecular complexity index is 1270. The molecule has 4 aromatic heterocycles. The summed E-state index contributed by atoms with van der Waals surface area (Å²) in [7, 11) is 5.30. The quantitative estimate of drug-likeness (QED) is 0.426. The van der Waals surface area contributed by atoms with Crippen LogP contribution < -0.4 is 10.6 Å². The number of amides is 1. The van der Waals surface area contributed by atoms with Crippen LogP contribution in [0, 0.1) is 0 Å². The number of fused-ring (bicyclic) bond motifs is 3. The van der Waals surface area contributed by atoms with E-state index in [1.54, 1.807) is 6.33 Å². The average molecular weight is 419 g/mol. The molecule has 31 heavy (non-hydrogen) atoms. The van der Waals surface area contributed by atoms with E-state index < -0.39 is 0 Å². The number of nitrogens with one attached hydrogen (secondary N) is 2. The first-order chi connectivity index (χ1) is 15.1. The number of imidazole rings is 1. The van der Waals surface area contributed by atoms with E-state index in [2.05, 4.69) is 32.8 Å². The van der Waals surface area contributed by atoms with Crippen LogP contribution in [0.3, 0.4) is 0 Å². The Kier molecular flexibility index (Phi) is 5.68. The summed E-state index contributed by atoms with van der Waals surface area (Å²) in [5, 5.41) is 6.95. The van der Waals surface area contributed by atoms with Crippen LogP contribution in [0.5, 0.6) is 0 Å². The maximum atomic E-state index is 11.7. The van der Waals surface area contributed by atoms with Gasteiger partial charge in [0.1, 0.15) is 17.8 Å². The van der Waals surface area contributed by atoms with Crippen LogP contribution in [0.4, 0.5) is 5.82 Å². The van der Waals surface area contributed by atoms with Gasteiger partial charge in [0.05, 0.1) is 35.5 Å². The highest BCUT2D eigenvalue weighted by molar-refractivity contribution is 6.07. The van der Waals surface area contributed by atoms with Gasteiger partial charge >= 0.3 is 0 Å². The molecule has 0 fully saturated rings. The SMILES string of the molecule is C=CCn1c(-c2cccc(CNC(=O)COC)n2)cc2c3c(ncn3C)c(NC)nc21. The second-order valence-corrected chi connectivity index (χ2v) is 7.15. The molecule has 0 aliphatic heterocycles. The number of hydrogen-bond donors (Lipinski definition) is 2. The normalized spacial score (nSPS) is 11.2. The summed E-state index contributed by atoms with van der Waals surface area (Å²) in [4.78, 5) is 25.8. The van der Waals surface area contributed by atoms with Crippen LogP contribution in [0.1, 0.15) is 5.69 Å². The molecule has 0 bridgehead atoms. The first-order valence-corrected chi connectivity index (χ1v) is 9.92. The van der Waals surface area contributed by atoms with E-state index in [4.69, 9.17) is 14.7 Å². The lowest BCUT2D eigenvalue weighted by Gasteiger charge is -2.10. The van der Waals surface area contributed by atoms with Gasteiger partial charge in [-0.15, -0.1) is 6.58 Å². The van der Waals surface area contributed by atoms with Gasteiger partial charge in [0.2, 0.25) is 5.91 Å². The number of nitrogens with zero attached hydrogens (tertiary/aromatic N) is 5. The monoisotopic (exact) mass is 419 g/mol. The minimum absolute atomic E-state index is 0.0213. The largest absolute Gasteiger partial charge is 0.375 e. The summed E-state index contributed by atoms with van der Waals surface area (Å²) in [6.45, 7) is 4.84. The Morgan fingerprint density at radius 3 is 2.90 bits per heavy atom. The third kappa shape index (κ3) is 3.75. The van der Waals surface area contributed by atoms with Crippen molar-refractivity contribution in [3.8, 4) is 11.4 Å². The van der Waals surface area contributed by atoms with Crippen molar-refractivity contribution in [2.75, 3.05) is 26.1 Å². The fraction of sp³-hybridized carbons (Fsp3) is 0.273. The number of anilines is 1. The predicted molar refractivity (Wildman–Crippen MR) is 121 cm³/mol. The Morgan fingerprint density at radius 2 is 2.16 bits per heavy atom. The van der Waals surface area contributed by atoms with Crippen molar-refractivity contribution in [1.29, 1.82) is 0 Å². The number of hydrogen-bond acceptors (Lipinski definition) is 6. The molecule has 9 nitrogen and oxygen atoms in total. The van der Waals surface area contributed by atoms with Crippen LogP contribution >= 0.6 is 0 Å². The third-order valence-electron chi connectivity index (χ3n) is 5.06. The van der Waals surface area contributed by atoms with Crippen molar-refractivity contribution in [2.45, 2.75) is 13.1 Å². The number of ether oxygens (including phenoxy) is 1. The van der Waals surface area contributed by atoms with Crippen molar-refractivity contribution in [2.24, 2.45) is 7.05 Å². The van der Waals surface area contributed by atoms with Gasteiger partial charge in [-0.05, 0) is 18.2 Å². The van der Waals surface area contributed by atoms with E-state index in [1.165, 1.54) is 7.11 Å². The van der Waals surface area contributed by atoms with Crippen LogP contribution in [0.25, 0.3) is 33.5 Å². The standard InChI is InChI=1S/C22H25N7O2/c1-5-9-29-17(16-8-6-7-14(26-16)11-24-18(30)12-31-4)10-15-20-19(25-13-28(20)3)21(23-2)27-22(15)29/h5-8,10,13H,1,9,11-12H2,2-4H3,(H,23,27)(H,24,30). The molecule has 0 atom stereocenters. The molecule has 9 heteroatoms. The number of methoxy groups -OCH3 is 1. The minimum atomic E-state index is -0.183. The molecular formula is C22H25N7O2. The number of carbonyl (C=O) groups excluding carboxylic acids is 1. The molecule has 0 saturated carbocycles. The predicted octanol–water partition coefficient (Wildman–Crippen LogP) is 2.48. The molecule has 160 valence electrons. The lowest BCUT2D eigenvalue weighted by molar-refractivity contribution is -0.124. The molecule has 0 aliphatic carbocycles. The summed E-state index contributed by atoms with van der Waals surface area (Å²) in [5.41, 5.74) is 5.12. The van der Waals surface area contributed by atoms with E-state index in [1.807, 2.05) is 42.9 Å². The van der Waals surface area contributed by atoms with E-state index in [0.29, 0.717) is 13.1 Å². The molecule has 2 N–H and O–H groups in total. The van der Waals surface area contributed by atoms with Gasteiger partial charge in [0.25, 0.3) is 0 Å². The van der Waals surface area contributed by atoms with Crippen LogP contribution in [-0.4, -0.2) is 50.8 Å². The fourth-order valence-electron chi connectivity index (χ4n) is 3.71. The zero-order valence-electron chi connectivity index (χ0n) is 17.8. The lowest BCUT2D eigenvalue weighted by Crippen LogP contribution is -2.26. The molecule has 0 spiro atoms. The first-order valence-electron chi connectivity index (χ1n) is 9.92. The van der Waals surface area contributed by atoms with E-state index in [-0.39, 0.29) is 12.5 Å².